The zero-order valence-corrected chi connectivity index (χ0v) is 15.4. The predicted molar refractivity (Wildman–Crippen MR) is 72.9 cm³/mol. The van der Waals surface area contributed by atoms with Gasteiger partial charge in [-0.15, -0.1) is 0 Å². The summed E-state index contributed by atoms with van der Waals surface area (Å²) in [6.45, 7) is -0.544. The molecule has 3 rings (SSSR count). The summed E-state index contributed by atoms with van der Waals surface area (Å²) in [4.78, 5) is 41.1. The number of nitrogens with zero attached hydrogens (tertiary/aromatic N) is 3. The van der Waals surface area contributed by atoms with Crippen LogP contribution in [0.15, 0.2) is 11.1 Å². The molecule has 1 aliphatic heterocycles. The third-order valence-corrected chi connectivity index (χ3v) is 3.84. The molecular formula is C10H13N5NaO7P. The van der Waals surface area contributed by atoms with Gasteiger partial charge in [-0.25, -0.2) is 4.98 Å². The minimum absolute atomic E-state index is 0. The van der Waals surface area contributed by atoms with Crippen LogP contribution in [-0.2, 0) is 13.8 Å². The monoisotopic (exact) mass is 369 g/mol. The van der Waals surface area contributed by atoms with E-state index in [0.717, 1.165) is 0 Å². The quantitative estimate of drug-likeness (QED) is 0.299. The summed E-state index contributed by atoms with van der Waals surface area (Å²) in [5.41, 5.74) is 5.19. The van der Waals surface area contributed by atoms with Crippen molar-refractivity contribution in [2.45, 2.75) is 24.9 Å². The first kappa shape index (κ1) is 19.5. The summed E-state index contributed by atoms with van der Waals surface area (Å²) in [5, 5.41) is 9.91. The van der Waals surface area contributed by atoms with Gasteiger partial charge in [-0.3, -0.25) is 18.9 Å². The average Bonchev–Trinajstić information content (AvgIpc) is 2.99. The van der Waals surface area contributed by atoms with E-state index < -0.39 is 38.4 Å². The minimum Gasteiger partial charge on any atom is -0.756 e. The summed E-state index contributed by atoms with van der Waals surface area (Å²) in [7, 11) is -4.91. The Labute approximate surface area is 156 Å². The second-order valence-electron chi connectivity index (χ2n) is 4.97. The summed E-state index contributed by atoms with van der Waals surface area (Å²) < 4.78 is 21.7. The van der Waals surface area contributed by atoms with Gasteiger partial charge in [0.2, 0.25) is 5.95 Å². The summed E-state index contributed by atoms with van der Waals surface area (Å²) in [6.07, 6.45) is -1.38. The number of hydrogen-bond donors (Lipinski definition) is 4. The molecule has 0 spiro atoms. The maximum Gasteiger partial charge on any atom is 1.00 e. The van der Waals surface area contributed by atoms with Gasteiger partial charge in [0.1, 0.15) is 12.3 Å². The van der Waals surface area contributed by atoms with E-state index in [-0.39, 0.29) is 53.1 Å². The minimum atomic E-state index is -4.91. The molecule has 0 aliphatic carbocycles. The Hall–Kier alpha value is -0.820. The van der Waals surface area contributed by atoms with Crippen LogP contribution in [0.2, 0.25) is 0 Å². The van der Waals surface area contributed by atoms with Crippen molar-refractivity contribution in [3.05, 3.63) is 16.7 Å². The van der Waals surface area contributed by atoms with Gasteiger partial charge in [0.05, 0.1) is 19.0 Å². The van der Waals surface area contributed by atoms with Gasteiger partial charge in [-0.2, -0.15) is 4.98 Å². The molecule has 126 valence electrons. The van der Waals surface area contributed by atoms with E-state index in [2.05, 4.69) is 19.5 Å². The molecule has 1 fully saturated rings. The van der Waals surface area contributed by atoms with Crippen LogP contribution in [-0.4, -0.2) is 48.3 Å². The fraction of sp³-hybridized carbons (Fsp3) is 0.500. The van der Waals surface area contributed by atoms with E-state index >= 15 is 0 Å². The van der Waals surface area contributed by atoms with E-state index in [4.69, 9.17) is 15.4 Å². The Balaban J connectivity index is 0.00000208. The summed E-state index contributed by atoms with van der Waals surface area (Å²) >= 11 is 0. The smallest absolute Gasteiger partial charge is 0.756 e. The first-order valence-electron chi connectivity index (χ1n) is 6.49. The number of nitrogens with two attached hydrogens (primary N) is 1. The van der Waals surface area contributed by atoms with Crippen molar-refractivity contribution in [2.24, 2.45) is 0 Å². The van der Waals surface area contributed by atoms with Gasteiger partial charge in [0, 0.05) is 6.42 Å². The van der Waals surface area contributed by atoms with Crippen molar-refractivity contribution >= 4 is 24.9 Å². The van der Waals surface area contributed by atoms with E-state index in [0.29, 0.717) is 0 Å². The normalized spacial score (nSPS) is 26.2. The molecule has 24 heavy (non-hydrogen) atoms. The number of hydrogen-bond acceptors (Lipinski definition) is 9. The number of nitrogen functional groups attached to an aromatic ring is 1. The van der Waals surface area contributed by atoms with E-state index in [1.54, 1.807) is 0 Å². The van der Waals surface area contributed by atoms with Crippen LogP contribution in [0.25, 0.3) is 11.2 Å². The number of aromatic amines is 1. The Morgan fingerprint density at radius 3 is 3.00 bits per heavy atom. The van der Waals surface area contributed by atoms with Crippen LogP contribution in [0, 0.1) is 0 Å². The zero-order chi connectivity index (χ0) is 16.8. The number of anilines is 1. The summed E-state index contributed by atoms with van der Waals surface area (Å²) in [5.74, 6) is -0.102. The third kappa shape index (κ3) is 4.04. The Kier molecular flexibility index (Phi) is 5.85. The number of aromatic nitrogens is 4. The molecule has 12 nitrogen and oxygen atoms in total. The topological polar surface area (TPSA) is 189 Å². The van der Waals surface area contributed by atoms with Crippen LogP contribution in [0.5, 0.6) is 0 Å². The van der Waals surface area contributed by atoms with Gasteiger partial charge in [0.25, 0.3) is 13.4 Å². The molecular weight excluding hydrogens is 356 g/mol. The van der Waals surface area contributed by atoms with Crippen molar-refractivity contribution in [1.29, 1.82) is 0 Å². The maximum absolute atomic E-state index is 11.7. The van der Waals surface area contributed by atoms with E-state index in [1.807, 2.05) is 0 Å². The number of H-pyrrole nitrogens is 1. The van der Waals surface area contributed by atoms with Crippen LogP contribution >= 0.6 is 7.82 Å². The molecule has 1 unspecified atom stereocenters. The van der Waals surface area contributed by atoms with Crippen molar-refractivity contribution < 1.29 is 58.3 Å². The second kappa shape index (κ2) is 7.20. The molecule has 0 radical (unpaired) electrons. The van der Waals surface area contributed by atoms with E-state index in [9.17, 15) is 19.4 Å². The van der Waals surface area contributed by atoms with Crippen LogP contribution in [0.4, 0.5) is 5.95 Å². The largest absolute Gasteiger partial charge is 1.00 e. The molecule has 1 aliphatic rings. The van der Waals surface area contributed by atoms with Crippen LogP contribution < -0.4 is 45.7 Å². The van der Waals surface area contributed by atoms with Gasteiger partial charge in [-0.05, 0) is 0 Å². The first-order valence-corrected chi connectivity index (χ1v) is 7.98. The first-order chi connectivity index (χ1) is 10.7. The second-order valence-corrected chi connectivity index (χ2v) is 6.17. The maximum atomic E-state index is 11.7. The van der Waals surface area contributed by atoms with Gasteiger partial charge in [0.15, 0.2) is 11.2 Å². The molecule has 0 aromatic carbocycles. The molecule has 2 aromatic heterocycles. The predicted octanol–water partition coefficient (Wildman–Crippen LogP) is -5.17. The number of ether oxygens (including phenoxy) is 1. The number of rotatable bonds is 4. The molecule has 5 N–H and O–H groups in total. The molecule has 1 saturated heterocycles. The Morgan fingerprint density at radius 2 is 2.33 bits per heavy atom. The fourth-order valence-electron chi connectivity index (χ4n) is 2.36. The number of imidazole rings is 1. The van der Waals surface area contributed by atoms with Crippen LogP contribution in [0.3, 0.4) is 0 Å². The summed E-state index contributed by atoms with van der Waals surface area (Å²) in [6, 6.07) is 0. The SMILES string of the molecule is Nc1nc2c(ncn2[C@@H]2C[C@@H](O)[C@H](COP(=O)([O-])O)O2)c(=O)[nH]1.[Na+]. The Bertz CT molecular complexity index is 835. The van der Waals surface area contributed by atoms with Crippen molar-refractivity contribution in [2.75, 3.05) is 12.3 Å². The molecule has 2 aromatic rings. The number of aliphatic hydroxyl groups is 1. The molecule has 4 atom stereocenters. The molecule has 14 heteroatoms. The van der Waals surface area contributed by atoms with Crippen molar-refractivity contribution in [1.82, 2.24) is 19.5 Å². The molecule has 0 bridgehead atoms. The van der Waals surface area contributed by atoms with Gasteiger partial charge >= 0.3 is 29.6 Å². The number of aliphatic hydroxyl groups excluding tert-OH is 1. The fourth-order valence-corrected chi connectivity index (χ4v) is 2.69. The number of phosphoric ester groups is 1. The van der Waals surface area contributed by atoms with Gasteiger partial charge in [-0.1, -0.05) is 0 Å². The number of phosphoric acid groups is 1. The van der Waals surface area contributed by atoms with Crippen molar-refractivity contribution in [3.8, 4) is 0 Å². The Morgan fingerprint density at radius 1 is 1.62 bits per heavy atom. The number of nitrogens with one attached hydrogen (secondary N) is 1. The average molecular weight is 369 g/mol. The van der Waals surface area contributed by atoms with E-state index in [1.165, 1.54) is 10.9 Å². The van der Waals surface area contributed by atoms with Gasteiger partial charge < -0.3 is 29.9 Å². The van der Waals surface area contributed by atoms with Crippen molar-refractivity contribution in [3.63, 3.8) is 0 Å². The number of fused-ring (bicyclic) bond motifs is 1. The standard InChI is InChI=1S/C10H14N5O7P.Na/c11-10-13-8-7(9(17)14-10)12-3-15(8)6-1-4(16)5(22-6)2-21-23(18,19)20;/h3-6,16H,1-2H2,(H2,18,19,20)(H3,11,13,14,17);/q;+1/p-1/t4-,5+,6+;/m1./s1. The third-order valence-electron chi connectivity index (χ3n) is 3.37. The molecule has 0 amide bonds. The zero-order valence-electron chi connectivity index (χ0n) is 12.5. The van der Waals surface area contributed by atoms with Crippen LogP contribution in [0.1, 0.15) is 12.6 Å². The molecule has 3 heterocycles. The molecule has 0 saturated carbocycles.